The van der Waals surface area contributed by atoms with Gasteiger partial charge in [-0.05, 0) is 37.6 Å². The van der Waals surface area contributed by atoms with E-state index in [0.29, 0.717) is 17.6 Å². The van der Waals surface area contributed by atoms with E-state index in [2.05, 4.69) is 14.9 Å². The Kier molecular flexibility index (Phi) is 3.24. The van der Waals surface area contributed by atoms with E-state index in [1.54, 1.807) is 0 Å². The molecule has 0 amide bonds. The molecule has 4 nitrogen and oxygen atoms in total. The average Bonchev–Trinajstić information content (AvgIpc) is 2.98. The van der Waals surface area contributed by atoms with Gasteiger partial charge in [-0.15, -0.1) is 0 Å². The van der Waals surface area contributed by atoms with E-state index in [-0.39, 0.29) is 6.61 Å². The van der Waals surface area contributed by atoms with Crippen LogP contribution in [0.5, 0.6) is 0 Å². The average molecular weight is 266 g/mol. The monoisotopic (exact) mass is 265 g/mol. The molecule has 2 aromatic rings. The van der Waals surface area contributed by atoms with E-state index in [4.69, 9.17) is 11.6 Å². The molecule has 96 valence electrons. The van der Waals surface area contributed by atoms with Crippen LogP contribution < -0.4 is 5.32 Å². The summed E-state index contributed by atoms with van der Waals surface area (Å²) in [6, 6.07) is 6.00. The summed E-state index contributed by atoms with van der Waals surface area (Å²) >= 11 is 6.04. The zero-order valence-corrected chi connectivity index (χ0v) is 10.8. The number of hydrogen-bond acceptors (Lipinski definition) is 3. The molecule has 1 aromatic carbocycles. The van der Waals surface area contributed by atoms with Gasteiger partial charge in [0.25, 0.3) is 0 Å². The highest BCUT2D eigenvalue weighted by atomic mass is 35.5. The lowest BCUT2D eigenvalue weighted by atomic mass is 10.2. The van der Waals surface area contributed by atoms with E-state index in [1.807, 2.05) is 18.2 Å². The molecule has 0 bridgehead atoms. The second-order valence-electron chi connectivity index (χ2n) is 4.63. The Bertz CT molecular complexity index is 561. The molecular formula is C13H16ClN3O. The molecule has 1 aliphatic heterocycles. The van der Waals surface area contributed by atoms with Gasteiger partial charge in [0.15, 0.2) is 0 Å². The van der Waals surface area contributed by atoms with Crippen molar-refractivity contribution in [1.29, 1.82) is 0 Å². The number of nitrogens with zero attached hydrogens (tertiary/aromatic N) is 2. The number of fused-ring (bicyclic) bond motifs is 1. The summed E-state index contributed by atoms with van der Waals surface area (Å²) in [6.07, 6.45) is 2.27. The second kappa shape index (κ2) is 4.88. The van der Waals surface area contributed by atoms with Crippen LogP contribution in [0.15, 0.2) is 18.2 Å². The number of aromatic nitrogens is 2. The first kappa shape index (κ1) is 12.0. The molecule has 1 aromatic heterocycles. The van der Waals surface area contributed by atoms with E-state index in [1.165, 1.54) is 6.42 Å². The summed E-state index contributed by atoms with van der Waals surface area (Å²) in [5, 5.41) is 13.4. The van der Waals surface area contributed by atoms with Crippen LogP contribution in [-0.4, -0.2) is 27.8 Å². The van der Waals surface area contributed by atoms with Gasteiger partial charge in [0.05, 0.1) is 23.7 Å². The lowest BCUT2D eigenvalue weighted by Crippen LogP contribution is -2.19. The van der Waals surface area contributed by atoms with E-state index in [0.717, 1.165) is 29.8 Å². The van der Waals surface area contributed by atoms with Gasteiger partial charge in [-0.1, -0.05) is 11.6 Å². The highest BCUT2D eigenvalue weighted by molar-refractivity contribution is 6.31. The number of imidazole rings is 1. The van der Waals surface area contributed by atoms with Crippen molar-refractivity contribution in [2.45, 2.75) is 25.4 Å². The minimum Gasteiger partial charge on any atom is -0.395 e. The molecule has 1 atom stereocenters. The minimum atomic E-state index is 0.109. The molecule has 2 heterocycles. The molecule has 0 spiro atoms. The van der Waals surface area contributed by atoms with Crippen molar-refractivity contribution in [1.82, 2.24) is 14.9 Å². The van der Waals surface area contributed by atoms with Gasteiger partial charge in [0.2, 0.25) is 0 Å². The van der Waals surface area contributed by atoms with Crippen LogP contribution in [0.2, 0.25) is 5.02 Å². The fraction of sp³-hybridized carbons (Fsp3) is 0.462. The molecule has 1 unspecified atom stereocenters. The Labute approximate surface area is 111 Å². The summed E-state index contributed by atoms with van der Waals surface area (Å²) in [4.78, 5) is 4.69. The zero-order chi connectivity index (χ0) is 12.5. The van der Waals surface area contributed by atoms with Gasteiger partial charge < -0.3 is 15.0 Å². The molecule has 0 saturated carbocycles. The van der Waals surface area contributed by atoms with Gasteiger partial charge in [-0.2, -0.15) is 0 Å². The number of halogens is 1. The Balaban J connectivity index is 2.13. The molecule has 0 aliphatic carbocycles. The molecule has 0 radical (unpaired) electrons. The predicted octanol–water partition coefficient (Wildman–Crippen LogP) is 2.11. The number of nitrogens with one attached hydrogen (secondary N) is 1. The van der Waals surface area contributed by atoms with Gasteiger partial charge in [-0.3, -0.25) is 0 Å². The minimum absolute atomic E-state index is 0.109. The number of benzene rings is 1. The third-order valence-electron chi connectivity index (χ3n) is 3.44. The highest BCUT2D eigenvalue weighted by Crippen LogP contribution is 2.27. The molecule has 5 heteroatoms. The lowest BCUT2D eigenvalue weighted by molar-refractivity contribution is 0.274. The third-order valence-corrected chi connectivity index (χ3v) is 3.67. The maximum Gasteiger partial charge on any atom is 0.127 e. The van der Waals surface area contributed by atoms with Crippen LogP contribution in [-0.2, 0) is 6.54 Å². The Morgan fingerprint density at radius 3 is 3.11 bits per heavy atom. The van der Waals surface area contributed by atoms with Gasteiger partial charge in [0, 0.05) is 11.6 Å². The molecule has 1 aliphatic rings. The maximum absolute atomic E-state index is 9.23. The molecule has 2 N–H and O–H groups in total. The van der Waals surface area contributed by atoms with Crippen LogP contribution in [0.4, 0.5) is 0 Å². The normalized spacial score (nSPS) is 19.8. The first-order valence-electron chi connectivity index (χ1n) is 6.29. The molecular weight excluding hydrogens is 250 g/mol. The van der Waals surface area contributed by atoms with E-state index in [9.17, 15) is 5.11 Å². The lowest BCUT2D eigenvalue weighted by Gasteiger charge is -2.13. The highest BCUT2D eigenvalue weighted by Gasteiger charge is 2.22. The smallest absolute Gasteiger partial charge is 0.127 e. The van der Waals surface area contributed by atoms with E-state index >= 15 is 0 Å². The van der Waals surface area contributed by atoms with Gasteiger partial charge in [0.1, 0.15) is 5.82 Å². The van der Waals surface area contributed by atoms with Crippen molar-refractivity contribution in [3.8, 4) is 0 Å². The SMILES string of the molecule is OCCn1c(C2CCCN2)nc2ccc(Cl)cc21. The Hall–Kier alpha value is -1.10. The van der Waals surface area contributed by atoms with Crippen molar-refractivity contribution in [2.24, 2.45) is 0 Å². The summed E-state index contributed by atoms with van der Waals surface area (Å²) in [7, 11) is 0. The number of aliphatic hydroxyl groups is 1. The fourth-order valence-electron chi connectivity index (χ4n) is 2.62. The second-order valence-corrected chi connectivity index (χ2v) is 5.06. The zero-order valence-electron chi connectivity index (χ0n) is 10.1. The summed E-state index contributed by atoms with van der Waals surface area (Å²) in [6.45, 7) is 1.70. The Morgan fingerprint density at radius 2 is 2.39 bits per heavy atom. The standard InChI is InChI=1S/C13H16ClN3O/c14-9-3-4-10-12(8-9)17(6-7-18)13(16-10)11-2-1-5-15-11/h3-4,8,11,15,18H,1-2,5-7H2. The Morgan fingerprint density at radius 1 is 1.50 bits per heavy atom. The first-order valence-corrected chi connectivity index (χ1v) is 6.67. The first-order chi connectivity index (χ1) is 8.79. The van der Waals surface area contributed by atoms with Crippen molar-refractivity contribution < 1.29 is 5.11 Å². The van der Waals surface area contributed by atoms with Crippen molar-refractivity contribution in [2.75, 3.05) is 13.2 Å². The predicted molar refractivity (Wildman–Crippen MR) is 71.8 cm³/mol. The van der Waals surface area contributed by atoms with Gasteiger partial charge in [-0.25, -0.2) is 4.98 Å². The van der Waals surface area contributed by atoms with Crippen LogP contribution in [0, 0.1) is 0 Å². The van der Waals surface area contributed by atoms with Crippen LogP contribution in [0.1, 0.15) is 24.7 Å². The number of rotatable bonds is 3. The quantitative estimate of drug-likeness (QED) is 0.894. The molecule has 1 saturated heterocycles. The van der Waals surface area contributed by atoms with Crippen molar-refractivity contribution in [3.63, 3.8) is 0 Å². The molecule has 3 rings (SSSR count). The van der Waals surface area contributed by atoms with Crippen LogP contribution >= 0.6 is 11.6 Å². The van der Waals surface area contributed by atoms with Crippen LogP contribution in [0.3, 0.4) is 0 Å². The number of hydrogen-bond donors (Lipinski definition) is 2. The molecule has 1 fully saturated rings. The largest absolute Gasteiger partial charge is 0.395 e. The van der Waals surface area contributed by atoms with Crippen molar-refractivity contribution in [3.05, 3.63) is 29.0 Å². The summed E-state index contributed by atoms with van der Waals surface area (Å²) in [5.41, 5.74) is 1.94. The topological polar surface area (TPSA) is 50.1 Å². The number of aliphatic hydroxyl groups excluding tert-OH is 1. The van der Waals surface area contributed by atoms with Crippen LogP contribution in [0.25, 0.3) is 11.0 Å². The third kappa shape index (κ3) is 2.00. The van der Waals surface area contributed by atoms with Crippen molar-refractivity contribution >= 4 is 22.6 Å². The summed E-state index contributed by atoms with van der Waals surface area (Å²) < 4.78 is 2.07. The maximum atomic E-state index is 9.23. The summed E-state index contributed by atoms with van der Waals surface area (Å²) in [5.74, 6) is 1.01. The van der Waals surface area contributed by atoms with E-state index < -0.39 is 0 Å². The fourth-order valence-corrected chi connectivity index (χ4v) is 2.79. The van der Waals surface area contributed by atoms with Gasteiger partial charge >= 0.3 is 0 Å². The molecule has 18 heavy (non-hydrogen) atoms.